The van der Waals surface area contributed by atoms with E-state index in [0.29, 0.717) is 23.5 Å². The maximum atomic E-state index is 14.8. The second-order valence-corrected chi connectivity index (χ2v) is 8.82. The van der Waals surface area contributed by atoms with Gasteiger partial charge in [-0.2, -0.15) is 5.10 Å². The minimum absolute atomic E-state index is 0.200. The van der Waals surface area contributed by atoms with Crippen LogP contribution in [-0.4, -0.2) is 31.0 Å². The van der Waals surface area contributed by atoms with Gasteiger partial charge < -0.3 is 15.5 Å². The van der Waals surface area contributed by atoms with Crippen molar-refractivity contribution in [3.05, 3.63) is 72.6 Å². The lowest BCUT2D eigenvalue weighted by molar-refractivity contribution is 0.589. The van der Waals surface area contributed by atoms with Crippen molar-refractivity contribution < 1.29 is 12.8 Å². The van der Waals surface area contributed by atoms with E-state index in [1.807, 2.05) is 19.1 Å². The zero-order chi connectivity index (χ0) is 22.9. The van der Waals surface area contributed by atoms with Gasteiger partial charge in [0.15, 0.2) is 11.7 Å². The summed E-state index contributed by atoms with van der Waals surface area (Å²) in [6.07, 6.45) is 2.67. The summed E-state index contributed by atoms with van der Waals surface area (Å²) in [4.78, 5) is 1.73. The van der Waals surface area contributed by atoms with Crippen molar-refractivity contribution in [3.63, 3.8) is 0 Å². The molecule has 2 heterocycles. The number of sulfonamides is 1. The van der Waals surface area contributed by atoms with Crippen LogP contribution in [0.1, 0.15) is 12.5 Å². The van der Waals surface area contributed by atoms with E-state index in [2.05, 4.69) is 32.1 Å². The van der Waals surface area contributed by atoms with Crippen molar-refractivity contribution >= 4 is 38.1 Å². The number of aromatic amines is 1. The largest absolute Gasteiger partial charge is 0.346 e. The number of rotatable bonds is 7. The number of aromatic nitrogens is 2. The Morgan fingerprint density at radius 1 is 1.38 bits per heavy atom. The van der Waals surface area contributed by atoms with Crippen LogP contribution in [0.15, 0.2) is 71.9 Å². The lowest BCUT2D eigenvalue weighted by atomic mass is 10.2. The molecular formula is C21H22FN7O2S. The third kappa shape index (κ3) is 4.07. The first-order valence-electron chi connectivity index (χ1n) is 9.79. The Labute approximate surface area is 184 Å². The topological polar surface area (TPSA) is 126 Å². The van der Waals surface area contributed by atoms with Gasteiger partial charge in [-0.05, 0) is 36.8 Å². The lowest BCUT2D eigenvalue weighted by Gasteiger charge is -2.23. The Morgan fingerprint density at radius 3 is 2.97 bits per heavy atom. The van der Waals surface area contributed by atoms with Crippen LogP contribution in [-0.2, 0) is 16.6 Å². The minimum Gasteiger partial charge on any atom is -0.346 e. The minimum atomic E-state index is -3.50. The predicted molar refractivity (Wildman–Crippen MR) is 122 cm³/mol. The van der Waals surface area contributed by atoms with E-state index < -0.39 is 15.9 Å². The van der Waals surface area contributed by atoms with Gasteiger partial charge in [0, 0.05) is 30.4 Å². The van der Waals surface area contributed by atoms with E-state index in [9.17, 15) is 12.8 Å². The molecule has 0 saturated heterocycles. The standard InChI is InChI=1S/C21H22FN7O2S/c1-3-29(19-6-4-5-18-16(19)11-25-28-18)21(23)17(22)12-24-13(2)27-15-8-7-14-10-26-32(30,31)20(14)9-15/h4-9,11-12,23-24,26-27H,2-3,10H2,1H3,(H,25,28). The summed E-state index contributed by atoms with van der Waals surface area (Å²) in [6.45, 7) is 6.23. The van der Waals surface area contributed by atoms with E-state index >= 15 is 0 Å². The summed E-state index contributed by atoms with van der Waals surface area (Å²) < 4.78 is 41.2. The summed E-state index contributed by atoms with van der Waals surface area (Å²) in [5.74, 6) is -0.900. The molecule has 5 N–H and O–H groups in total. The predicted octanol–water partition coefficient (Wildman–Crippen LogP) is 3.14. The fourth-order valence-electron chi connectivity index (χ4n) is 3.47. The number of hydrogen-bond donors (Lipinski definition) is 5. The molecule has 0 bridgehead atoms. The van der Waals surface area contributed by atoms with Crippen molar-refractivity contribution in [2.75, 3.05) is 16.8 Å². The Balaban J connectivity index is 1.45. The summed E-state index contributed by atoms with van der Waals surface area (Å²) >= 11 is 0. The maximum absolute atomic E-state index is 14.8. The smallest absolute Gasteiger partial charge is 0.241 e. The molecule has 0 amide bonds. The van der Waals surface area contributed by atoms with Gasteiger partial charge in [0.1, 0.15) is 0 Å². The molecule has 0 radical (unpaired) electrons. The van der Waals surface area contributed by atoms with Gasteiger partial charge in [-0.25, -0.2) is 17.5 Å². The Bertz CT molecular complexity index is 1350. The van der Waals surface area contributed by atoms with Crippen LogP contribution >= 0.6 is 0 Å². The Hall–Kier alpha value is -3.70. The van der Waals surface area contributed by atoms with Crippen molar-refractivity contribution in [2.24, 2.45) is 0 Å². The van der Waals surface area contributed by atoms with Crippen LogP contribution in [0.5, 0.6) is 0 Å². The van der Waals surface area contributed by atoms with Crippen LogP contribution in [0, 0.1) is 5.41 Å². The second-order valence-electron chi connectivity index (χ2n) is 7.09. The molecule has 32 heavy (non-hydrogen) atoms. The van der Waals surface area contributed by atoms with Gasteiger partial charge in [-0.15, -0.1) is 0 Å². The number of likely N-dealkylation sites (N-methyl/N-ethyl adjacent to an activating group) is 1. The molecule has 0 fully saturated rings. The SMILES string of the molecule is C=C(NC=C(F)C(=N)N(CC)c1cccc2[nH]ncc12)Nc1ccc2c(c1)S(=O)(=O)NC2. The molecule has 0 saturated carbocycles. The molecule has 0 aliphatic carbocycles. The van der Waals surface area contributed by atoms with Crippen molar-refractivity contribution in [3.8, 4) is 0 Å². The highest BCUT2D eigenvalue weighted by atomic mass is 32.2. The van der Waals surface area contributed by atoms with Gasteiger partial charge in [-0.3, -0.25) is 10.5 Å². The van der Waals surface area contributed by atoms with Crippen LogP contribution < -0.4 is 20.3 Å². The van der Waals surface area contributed by atoms with Crippen molar-refractivity contribution in [1.29, 1.82) is 5.41 Å². The van der Waals surface area contributed by atoms with Crippen LogP contribution in [0.3, 0.4) is 0 Å². The normalized spacial score (nSPS) is 14.8. The fraction of sp³-hybridized carbons (Fsp3) is 0.143. The van der Waals surface area contributed by atoms with Crippen LogP contribution in [0.2, 0.25) is 0 Å². The molecule has 0 unspecified atom stereocenters. The zero-order valence-electron chi connectivity index (χ0n) is 17.2. The zero-order valence-corrected chi connectivity index (χ0v) is 18.1. The molecule has 3 aromatic rings. The van der Waals surface area contributed by atoms with E-state index in [-0.39, 0.29) is 23.1 Å². The van der Waals surface area contributed by atoms with Gasteiger partial charge in [0.05, 0.1) is 28.1 Å². The summed E-state index contributed by atoms with van der Waals surface area (Å²) in [7, 11) is -3.50. The van der Waals surface area contributed by atoms with E-state index in [0.717, 1.165) is 17.1 Å². The Morgan fingerprint density at radius 2 is 2.19 bits per heavy atom. The molecule has 4 rings (SSSR count). The van der Waals surface area contributed by atoms with Gasteiger partial charge in [0.25, 0.3) is 0 Å². The number of anilines is 2. The lowest BCUT2D eigenvalue weighted by Crippen LogP contribution is -2.31. The van der Waals surface area contributed by atoms with Gasteiger partial charge in [-0.1, -0.05) is 18.7 Å². The molecule has 1 aromatic heterocycles. The van der Waals surface area contributed by atoms with Crippen molar-refractivity contribution in [1.82, 2.24) is 20.2 Å². The quantitative estimate of drug-likeness (QED) is 0.275. The van der Waals surface area contributed by atoms with E-state index in [1.165, 1.54) is 11.0 Å². The highest BCUT2D eigenvalue weighted by molar-refractivity contribution is 7.89. The third-order valence-corrected chi connectivity index (χ3v) is 6.53. The van der Waals surface area contributed by atoms with E-state index in [1.54, 1.807) is 24.4 Å². The van der Waals surface area contributed by atoms with Crippen LogP contribution in [0.4, 0.5) is 15.8 Å². The number of halogens is 1. The number of nitrogens with zero attached hydrogens (tertiary/aromatic N) is 2. The number of hydrogen-bond acceptors (Lipinski definition) is 6. The summed E-state index contributed by atoms with van der Waals surface area (Å²) in [6, 6.07) is 10.4. The first-order chi connectivity index (χ1) is 15.3. The molecule has 9 nitrogen and oxygen atoms in total. The van der Waals surface area contributed by atoms with Gasteiger partial charge >= 0.3 is 0 Å². The molecule has 1 aliphatic rings. The van der Waals surface area contributed by atoms with Gasteiger partial charge in [0.2, 0.25) is 10.0 Å². The molecule has 1 aliphatic heterocycles. The summed E-state index contributed by atoms with van der Waals surface area (Å²) in [5, 5.41) is 21.5. The molecule has 11 heteroatoms. The number of benzene rings is 2. The fourth-order valence-corrected chi connectivity index (χ4v) is 4.74. The Kier molecular flexibility index (Phi) is 5.68. The van der Waals surface area contributed by atoms with Crippen molar-refractivity contribution in [2.45, 2.75) is 18.4 Å². The van der Waals surface area contributed by atoms with E-state index in [4.69, 9.17) is 5.41 Å². The van der Waals surface area contributed by atoms with Crippen LogP contribution in [0.25, 0.3) is 10.9 Å². The molecule has 0 spiro atoms. The highest BCUT2D eigenvalue weighted by Crippen LogP contribution is 2.27. The number of nitrogens with one attached hydrogen (secondary N) is 5. The molecule has 0 atom stereocenters. The highest BCUT2D eigenvalue weighted by Gasteiger charge is 2.25. The summed E-state index contributed by atoms with van der Waals surface area (Å²) in [5.41, 5.74) is 2.62. The first-order valence-corrected chi connectivity index (χ1v) is 11.3. The molecule has 2 aromatic carbocycles. The average Bonchev–Trinajstić information content (AvgIpc) is 3.37. The maximum Gasteiger partial charge on any atom is 0.241 e. The first kappa shape index (κ1) is 21.5. The number of amidine groups is 1. The third-order valence-electron chi connectivity index (χ3n) is 5.04. The second kappa shape index (κ2) is 8.44. The number of H-pyrrole nitrogens is 1. The average molecular weight is 456 g/mol. The number of fused-ring (bicyclic) bond motifs is 2. The molecular weight excluding hydrogens is 433 g/mol. The molecule has 166 valence electrons. The monoisotopic (exact) mass is 455 g/mol.